The molecular weight excluding hydrogens is 322 g/mol. The average Bonchev–Trinajstić information content (AvgIpc) is 3.14. The van der Waals surface area contributed by atoms with Crippen LogP contribution < -0.4 is 0 Å². The summed E-state index contributed by atoms with van der Waals surface area (Å²) in [6.07, 6.45) is 0.465. The summed E-state index contributed by atoms with van der Waals surface area (Å²) in [5.74, 6) is 0.834. The van der Waals surface area contributed by atoms with E-state index in [-0.39, 0.29) is 18.2 Å². The van der Waals surface area contributed by atoms with Gasteiger partial charge in [-0.3, -0.25) is 14.3 Å². The van der Waals surface area contributed by atoms with Gasteiger partial charge in [-0.25, -0.2) is 0 Å². The van der Waals surface area contributed by atoms with E-state index >= 15 is 0 Å². The van der Waals surface area contributed by atoms with Gasteiger partial charge in [0.25, 0.3) is 5.91 Å². The van der Waals surface area contributed by atoms with Crippen LogP contribution in [0, 0.1) is 6.92 Å². The molecule has 0 saturated heterocycles. The van der Waals surface area contributed by atoms with Crippen LogP contribution in [-0.2, 0) is 24.3 Å². The first-order chi connectivity index (χ1) is 11.8. The molecule has 0 spiro atoms. The Bertz CT molecular complexity index is 803. The van der Waals surface area contributed by atoms with E-state index < -0.39 is 5.97 Å². The molecule has 25 heavy (non-hydrogen) atoms. The molecule has 0 bridgehead atoms. The Kier molecular flexibility index (Phi) is 4.65. The maximum absolute atomic E-state index is 12.8. The van der Waals surface area contributed by atoms with Gasteiger partial charge in [-0.05, 0) is 19.1 Å². The smallest absolute Gasteiger partial charge is 0.303 e. The molecule has 0 fully saturated rings. The van der Waals surface area contributed by atoms with Crippen LogP contribution in [0.1, 0.15) is 59.5 Å². The van der Waals surface area contributed by atoms with Gasteiger partial charge in [-0.1, -0.05) is 13.8 Å². The number of aromatic nitrogens is 2. The minimum atomic E-state index is -0.834. The molecule has 1 amide bonds. The van der Waals surface area contributed by atoms with Crippen LogP contribution in [0.3, 0.4) is 0 Å². The van der Waals surface area contributed by atoms with Crippen molar-refractivity contribution in [2.75, 3.05) is 6.54 Å². The predicted octanol–water partition coefficient (Wildman–Crippen LogP) is 2.58. The number of nitrogens with zero attached hydrogens (tertiary/aromatic N) is 3. The van der Waals surface area contributed by atoms with Crippen molar-refractivity contribution in [2.45, 2.75) is 52.6 Å². The highest BCUT2D eigenvalue weighted by atomic mass is 16.4. The van der Waals surface area contributed by atoms with Gasteiger partial charge < -0.3 is 14.4 Å². The highest BCUT2D eigenvalue weighted by Gasteiger charge is 2.26. The summed E-state index contributed by atoms with van der Waals surface area (Å²) in [5.41, 5.74) is 2.31. The standard InChI is InChI=1S/C18H23N3O4/c1-11(2)16-9-15(12(3)25-16)18(24)20-6-7-21-14(10-20)8-13(19-21)4-5-17(22)23/h8-9,11H,4-7,10H2,1-3H3,(H,22,23). The second-order valence-electron chi connectivity index (χ2n) is 6.74. The summed E-state index contributed by atoms with van der Waals surface area (Å²) in [6.45, 7) is 7.54. The van der Waals surface area contributed by atoms with Gasteiger partial charge in [0.05, 0.1) is 36.5 Å². The quantitative estimate of drug-likeness (QED) is 0.900. The first-order valence-electron chi connectivity index (χ1n) is 8.52. The Labute approximate surface area is 146 Å². The van der Waals surface area contributed by atoms with Crippen LogP contribution in [-0.4, -0.2) is 38.2 Å². The number of carbonyl (C=O) groups is 2. The van der Waals surface area contributed by atoms with Crippen LogP contribution in [0.15, 0.2) is 16.5 Å². The molecule has 1 aliphatic rings. The molecule has 2 aromatic rings. The number of carbonyl (C=O) groups excluding carboxylic acids is 1. The van der Waals surface area contributed by atoms with Crippen molar-refractivity contribution in [1.29, 1.82) is 0 Å². The molecular formula is C18H23N3O4. The van der Waals surface area contributed by atoms with Crippen molar-refractivity contribution in [1.82, 2.24) is 14.7 Å². The second kappa shape index (κ2) is 6.74. The second-order valence-corrected chi connectivity index (χ2v) is 6.74. The molecule has 1 aliphatic heterocycles. The lowest BCUT2D eigenvalue weighted by atomic mass is 10.1. The number of carboxylic acids is 1. The Morgan fingerprint density at radius 3 is 2.72 bits per heavy atom. The predicted molar refractivity (Wildman–Crippen MR) is 90.5 cm³/mol. The van der Waals surface area contributed by atoms with Gasteiger partial charge in [-0.15, -0.1) is 0 Å². The highest BCUT2D eigenvalue weighted by Crippen LogP contribution is 2.24. The van der Waals surface area contributed by atoms with Crippen molar-refractivity contribution >= 4 is 11.9 Å². The third-order valence-electron chi connectivity index (χ3n) is 4.47. The number of hydrogen-bond donors (Lipinski definition) is 1. The van der Waals surface area contributed by atoms with Crippen LogP contribution in [0.2, 0.25) is 0 Å². The monoisotopic (exact) mass is 345 g/mol. The number of amides is 1. The molecule has 0 aliphatic carbocycles. The van der Waals surface area contributed by atoms with E-state index in [2.05, 4.69) is 5.10 Å². The summed E-state index contributed by atoms with van der Waals surface area (Å²) < 4.78 is 7.56. The molecule has 3 rings (SSSR count). The minimum absolute atomic E-state index is 0.0346. The van der Waals surface area contributed by atoms with Crippen molar-refractivity contribution in [3.05, 3.63) is 40.6 Å². The van der Waals surface area contributed by atoms with Crippen molar-refractivity contribution in [3.8, 4) is 0 Å². The number of aliphatic carboxylic acids is 1. The third kappa shape index (κ3) is 3.60. The Balaban J connectivity index is 1.74. The molecule has 0 aromatic carbocycles. The number of carboxylic acid groups (broad SMARTS) is 1. The molecule has 7 heteroatoms. The number of furan rings is 1. The minimum Gasteiger partial charge on any atom is -0.481 e. The van der Waals surface area contributed by atoms with Crippen molar-refractivity contribution in [2.24, 2.45) is 0 Å². The lowest BCUT2D eigenvalue weighted by molar-refractivity contribution is -0.136. The van der Waals surface area contributed by atoms with E-state index in [4.69, 9.17) is 9.52 Å². The van der Waals surface area contributed by atoms with Gasteiger partial charge in [0, 0.05) is 18.9 Å². The number of rotatable bonds is 5. The third-order valence-corrected chi connectivity index (χ3v) is 4.47. The van der Waals surface area contributed by atoms with Crippen LogP contribution in [0.5, 0.6) is 0 Å². The molecule has 2 aromatic heterocycles. The zero-order valence-corrected chi connectivity index (χ0v) is 14.8. The molecule has 134 valence electrons. The van der Waals surface area contributed by atoms with Gasteiger partial charge in [-0.2, -0.15) is 5.10 Å². The van der Waals surface area contributed by atoms with Gasteiger partial charge in [0.1, 0.15) is 11.5 Å². The zero-order valence-electron chi connectivity index (χ0n) is 14.8. The fraction of sp³-hybridized carbons (Fsp3) is 0.500. The van der Waals surface area contributed by atoms with E-state index in [1.54, 1.807) is 4.90 Å². The first-order valence-corrected chi connectivity index (χ1v) is 8.52. The molecule has 3 heterocycles. The van der Waals surface area contributed by atoms with Crippen molar-refractivity contribution in [3.63, 3.8) is 0 Å². The van der Waals surface area contributed by atoms with Crippen molar-refractivity contribution < 1.29 is 19.1 Å². The lowest BCUT2D eigenvalue weighted by Gasteiger charge is -2.27. The topological polar surface area (TPSA) is 88.6 Å². The molecule has 0 unspecified atom stereocenters. The van der Waals surface area contributed by atoms with Gasteiger partial charge in [0.2, 0.25) is 0 Å². The van der Waals surface area contributed by atoms with Gasteiger partial charge >= 0.3 is 5.97 Å². The van der Waals surface area contributed by atoms with Crippen LogP contribution in [0.4, 0.5) is 0 Å². The molecule has 0 radical (unpaired) electrons. The largest absolute Gasteiger partial charge is 0.481 e. The highest BCUT2D eigenvalue weighted by molar-refractivity contribution is 5.95. The van der Waals surface area contributed by atoms with E-state index in [1.165, 1.54) is 0 Å². The normalized spacial score (nSPS) is 14.0. The maximum Gasteiger partial charge on any atom is 0.303 e. The zero-order chi connectivity index (χ0) is 18.1. The fourth-order valence-electron chi connectivity index (χ4n) is 3.03. The number of fused-ring (bicyclic) bond motifs is 1. The first kappa shape index (κ1) is 17.3. The van der Waals surface area contributed by atoms with E-state index in [9.17, 15) is 9.59 Å². The van der Waals surface area contributed by atoms with Crippen LogP contribution in [0.25, 0.3) is 0 Å². The molecule has 1 N–H and O–H groups in total. The molecule has 0 saturated carbocycles. The molecule has 7 nitrogen and oxygen atoms in total. The summed E-state index contributed by atoms with van der Waals surface area (Å²) in [6, 6.07) is 3.73. The Morgan fingerprint density at radius 1 is 1.32 bits per heavy atom. The Morgan fingerprint density at radius 2 is 2.08 bits per heavy atom. The van der Waals surface area contributed by atoms with Gasteiger partial charge in [0.15, 0.2) is 0 Å². The number of aryl methyl sites for hydroxylation is 2. The fourth-order valence-corrected chi connectivity index (χ4v) is 3.03. The van der Waals surface area contributed by atoms with E-state index in [1.807, 2.05) is 37.6 Å². The summed E-state index contributed by atoms with van der Waals surface area (Å²) >= 11 is 0. The summed E-state index contributed by atoms with van der Waals surface area (Å²) in [4.78, 5) is 25.3. The van der Waals surface area contributed by atoms with E-state index in [0.29, 0.717) is 37.4 Å². The Hall–Kier alpha value is -2.57. The van der Waals surface area contributed by atoms with E-state index in [0.717, 1.165) is 17.1 Å². The summed E-state index contributed by atoms with van der Waals surface area (Å²) in [7, 11) is 0. The lowest BCUT2D eigenvalue weighted by Crippen LogP contribution is -2.38. The maximum atomic E-state index is 12.8. The average molecular weight is 345 g/mol. The van der Waals surface area contributed by atoms with Crippen LogP contribution >= 0.6 is 0 Å². The summed E-state index contributed by atoms with van der Waals surface area (Å²) in [5, 5.41) is 13.2. The number of hydrogen-bond acceptors (Lipinski definition) is 4. The molecule has 0 atom stereocenters. The SMILES string of the molecule is Cc1oc(C(C)C)cc1C(=O)N1CCn2nc(CCC(=O)O)cc2C1.